The minimum Gasteiger partial charge on any atom is -0.325 e. The lowest BCUT2D eigenvalue weighted by Crippen LogP contribution is -2.32. The largest absolute Gasteiger partial charge is 0.325 e. The number of hydrogen-bond acceptors (Lipinski definition) is 3. The highest BCUT2D eigenvalue weighted by molar-refractivity contribution is 6.35. The number of pyridine rings is 1. The van der Waals surface area contributed by atoms with E-state index in [-0.39, 0.29) is 28.2 Å². The Hall–Kier alpha value is -1.31. The Kier molecular flexibility index (Phi) is 5.20. The molecule has 0 spiro atoms. The zero-order chi connectivity index (χ0) is 12.8. The van der Waals surface area contributed by atoms with E-state index in [1.54, 1.807) is 0 Å². The van der Waals surface area contributed by atoms with E-state index in [9.17, 15) is 4.79 Å². The first-order valence-electron chi connectivity index (χ1n) is 5.07. The number of nitriles is 1. The highest BCUT2D eigenvalue weighted by atomic mass is 35.5. The normalized spacial score (nSPS) is 9.76. The summed E-state index contributed by atoms with van der Waals surface area (Å²) in [6.07, 6.45) is 2.09. The minimum absolute atomic E-state index is 0.0307. The van der Waals surface area contributed by atoms with Gasteiger partial charge in [0.2, 0.25) is 0 Å². The van der Waals surface area contributed by atoms with E-state index in [0.717, 1.165) is 6.42 Å². The van der Waals surface area contributed by atoms with E-state index < -0.39 is 0 Å². The van der Waals surface area contributed by atoms with Gasteiger partial charge in [-0.05, 0) is 12.5 Å². The molecule has 0 bridgehead atoms. The summed E-state index contributed by atoms with van der Waals surface area (Å²) in [6, 6.07) is 3.36. The summed E-state index contributed by atoms with van der Waals surface area (Å²) >= 11 is 11.6. The van der Waals surface area contributed by atoms with Gasteiger partial charge in [-0.2, -0.15) is 5.26 Å². The Morgan fingerprint density at radius 1 is 1.59 bits per heavy atom. The number of rotatable bonds is 4. The molecule has 4 nitrogen and oxygen atoms in total. The molecule has 1 heterocycles. The van der Waals surface area contributed by atoms with Crippen molar-refractivity contribution in [2.24, 2.45) is 0 Å². The van der Waals surface area contributed by atoms with Crippen molar-refractivity contribution in [1.82, 2.24) is 9.88 Å². The van der Waals surface area contributed by atoms with Crippen molar-refractivity contribution in [3.05, 3.63) is 28.0 Å². The van der Waals surface area contributed by atoms with Crippen molar-refractivity contribution in [3.8, 4) is 6.07 Å². The van der Waals surface area contributed by atoms with Crippen LogP contribution in [0.15, 0.2) is 12.3 Å². The van der Waals surface area contributed by atoms with E-state index in [2.05, 4.69) is 4.98 Å². The van der Waals surface area contributed by atoms with Crippen LogP contribution in [0, 0.1) is 11.3 Å². The number of carbonyl (C=O) groups is 1. The topological polar surface area (TPSA) is 57.0 Å². The van der Waals surface area contributed by atoms with E-state index in [1.165, 1.54) is 17.2 Å². The first-order chi connectivity index (χ1) is 8.10. The lowest BCUT2D eigenvalue weighted by molar-refractivity contribution is 0.0776. The highest BCUT2D eigenvalue weighted by Crippen LogP contribution is 2.19. The number of aromatic nitrogens is 1. The lowest BCUT2D eigenvalue weighted by atomic mass is 10.2. The standard InChI is InChI=1S/C11H11Cl2N3O/c1-2-4-16(5-3-14)11(17)8-6-10(13)15-7-9(8)12/h6-7H,2,4-5H2,1H3. The molecule has 0 aliphatic carbocycles. The van der Waals surface area contributed by atoms with Gasteiger partial charge in [-0.15, -0.1) is 0 Å². The summed E-state index contributed by atoms with van der Waals surface area (Å²) in [5, 5.41) is 9.10. The number of hydrogen-bond donors (Lipinski definition) is 0. The monoisotopic (exact) mass is 271 g/mol. The maximum atomic E-state index is 12.1. The first-order valence-corrected chi connectivity index (χ1v) is 5.83. The van der Waals surface area contributed by atoms with Crippen molar-refractivity contribution < 1.29 is 4.79 Å². The van der Waals surface area contributed by atoms with Crippen molar-refractivity contribution in [1.29, 1.82) is 5.26 Å². The smallest absolute Gasteiger partial charge is 0.256 e. The zero-order valence-corrected chi connectivity index (χ0v) is 10.8. The Morgan fingerprint density at radius 2 is 2.29 bits per heavy atom. The number of carbonyl (C=O) groups excluding carboxylic acids is 1. The molecule has 1 aromatic heterocycles. The van der Waals surface area contributed by atoms with Crippen LogP contribution in [0.1, 0.15) is 23.7 Å². The summed E-state index contributed by atoms with van der Waals surface area (Å²) in [5.41, 5.74) is 0.273. The number of amides is 1. The minimum atomic E-state index is -0.303. The van der Waals surface area contributed by atoms with Crippen molar-refractivity contribution >= 4 is 29.1 Å². The van der Waals surface area contributed by atoms with Gasteiger partial charge in [-0.25, -0.2) is 4.98 Å². The average molecular weight is 272 g/mol. The Labute approximate surface area is 110 Å². The molecule has 1 rings (SSSR count). The Balaban J connectivity index is 3.00. The maximum Gasteiger partial charge on any atom is 0.256 e. The third kappa shape index (κ3) is 3.58. The van der Waals surface area contributed by atoms with Crippen LogP contribution in [-0.2, 0) is 0 Å². The van der Waals surface area contributed by atoms with Gasteiger partial charge < -0.3 is 4.90 Å². The van der Waals surface area contributed by atoms with Gasteiger partial charge in [0.1, 0.15) is 11.7 Å². The van der Waals surface area contributed by atoms with Gasteiger partial charge in [0.25, 0.3) is 5.91 Å². The van der Waals surface area contributed by atoms with Gasteiger partial charge in [0, 0.05) is 12.7 Å². The molecule has 0 atom stereocenters. The molecule has 90 valence electrons. The summed E-state index contributed by atoms with van der Waals surface area (Å²) in [6.45, 7) is 2.46. The second kappa shape index (κ2) is 6.43. The second-order valence-corrected chi connectivity index (χ2v) is 4.17. The molecule has 0 saturated carbocycles. The molecular formula is C11H11Cl2N3O. The van der Waals surface area contributed by atoms with Crippen LogP contribution >= 0.6 is 23.2 Å². The summed E-state index contributed by atoms with van der Waals surface area (Å²) < 4.78 is 0. The number of halogens is 2. The lowest BCUT2D eigenvalue weighted by Gasteiger charge is -2.19. The van der Waals surface area contributed by atoms with Gasteiger partial charge in [-0.3, -0.25) is 4.79 Å². The molecule has 0 N–H and O–H groups in total. The van der Waals surface area contributed by atoms with Gasteiger partial charge in [0.05, 0.1) is 16.7 Å². The molecule has 17 heavy (non-hydrogen) atoms. The molecule has 0 aliphatic heterocycles. The molecule has 0 fully saturated rings. The van der Waals surface area contributed by atoms with Crippen LogP contribution in [0.4, 0.5) is 0 Å². The predicted octanol–water partition coefficient (Wildman–Crippen LogP) is 2.76. The van der Waals surface area contributed by atoms with Crippen LogP contribution in [0.25, 0.3) is 0 Å². The fourth-order valence-corrected chi connectivity index (χ4v) is 1.70. The second-order valence-electron chi connectivity index (χ2n) is 3.37. The van der Waals surface area contributed by atoms with Crippen LogP contribution in [0.2, 0.25) is 10.2 Å². The fraction of sp³-hybridized carbons (Fsp3) is 0.364. The van der Waals surface area contributed by atoms with Gasteiger partial charge in [-0.1, -0.05) is 30.1 Å². The fourth-order valence-electron chi connectivity index (χ4n) is 1.36. The van der Waals surface area contributed by atoms with Gasteiger partial charge in [0.15, 0.2) is 0 Å². The molecular weight excluding hydrogens is 261 g/mol. The molecule has 1 amide bonds. The Morgan fingerprint density at radius 3 is 2.88 bits per heavy atom. The van der Waals surface area contributed by atoms with Crippen molar-refractivity contribution in [3.63, 3.8) is 0 Å². The molecule has 0 aliphatic rings. The zero-order valence-electron chi connectivity index (χ0n) is 9.28. The van der Waals surface area contributed by atoms with E-state index in [4.69, 9.17) is 28.5 Å². The number of nitrogens with zero attached hydrogens (tertiary/aromatic N) is 3. The van der Waals surface area contributed by atoms with Crippen molar-refractivity contribution in [2.75, 3.05) is 13.1 Å². The Bertz CT molecular complexity index is 457. The van der Waals surface area contributed by atoms with Crippen LogP contribution in [-0.4, -0.2) is 28.9 Å². The molecule has 0 aromatic carbocycles. The van der Waals surface area contributed by atoms with Crippen LogP contribution < -0.4 is 0 Å². The summed E-state index contributed by atoms with van der Waals surface area (Å²) in [4.78, 5) is 17.3. The molecule has 0 saturated heterocycles. The molecule has 1 aromatic rings. The third-order valence-corrected chi connectivity index (χ3v) is 2.60. The molecule has 0 unspecified atom stereocenters. The van der Waals surface area contributed by atoms with Crippen molar-refractivity contribution in [2.45, 2.75) is 13.3 Å². The quantitative estimate of drug-likeness (QED) is 0.625. The third-order valence-electron chi connectivity index (χ3n) is 2.09. The van der Waals surface area contributed by atoms with E-state index in [0.29, 0.717) is 6.54 Å². The molecule has 6 heteroatoms. The summed E-state index contributed by atoms with van der Waals surface area (Å²) in [5.74, 6) is -0.303. The summed E-state index contributed by atoms with van der Waals surface area (Å²) in [7, 11) is 0. The SMILES string of the molecule is CCCN(CC#N)C(=O)c1cc(Cl)ncc1Cl. The average Bonchev–Trinajstić information content (AvgIpc) is 2.31. The van der Waals surface area contributed by atoms with Crippen LogP contribution in [0.3, 0.4) is 0 Å². The first kappa shape index (κ1) is 13.8. The molecule has 0 radical (unpaired) electrons. The predicted molar refractivity (Wildman–Crippen MR) is 66.1 cm³/mol. The highest BCUT2D eigenvalue weighted by Gasteiger charge is 2.18. The van der Waals surface area contributed by atoms with Gasteiger partial charge >= 0.3 is 0 Å². The maximum absolute atomic E-state index is 12.1. The van der Waals surface area contributed by atoms with E-state index >= 15 is 0 Å². The van der Waals surface area contributed by atoms with Crippen LogP contribution in [0.5, 0.6) is 0 Å². The van der Waals surface area contributed by atoms with E-state index in [1.807, 2.05) is 13.0 Å².